The fourth-order valence-electron chi connectivity index (χ4n) is 1.73. The van der Waals surface area contributed by atoms with Crippen LogP contribution in [-0.2, 0) is 0 Å². The van der Waals surface area contributed by atoms with E-state index >= 15 is 0 Å². The third-order valence-corrected chi connectivity index (χ3v) is 3.63. The molecule has 3 rings (SSSR count). The lowest BCUT2D eigenvalue weighted by Crippen LogP contribution is -2.14. The number of thiazole rings is 1. The molecule has 2 aromatic heterocycles. The maximum absolute atomic E-state index is 12.1. The monoisotopic (exact) mass is 285 g/mol. The van der Waals surface area contributed by atoms with Gasteiger partial charge in [0.25, 0.3) is 5.91 Å². The Morgan fingerprint density at radius 2 is 2.10 bits per heavy atom. The second kappa shape index (κ2) is 5.24. The van der Waals surface area contributed by atoms with Gasteiger partial charge >= 0.3 is 0 Å². The van der Waals surface area contributed by atoms with Crippen LogP contribution in [0.3, 0.4) is 0 Å². The van der Waals surface area contributed by atoms with Crippen LogP contribution in [0.2, 0.25) is 0 Å². The van der Waals surface area contributed by atoms with Gasteiger partial charge in [0.2, 0.25) is 0 Å². The largest absolute Gasteiger partial charge is 0.324 e. The number of nitrogens with two attached hydrogens (primary N) is 1. The first kappa shape index (κ1) is 12.5. The number of fused-ring (bicyclic) bond motifs is 1. The van der Waals surface area contributed by atoms with E-state index in [9.17, 15) is 4.79 Å². The van der Waals surface area contributed by atoms with Gasteiger partial charge in [-0.3, -0.25) is 20.9 Å². The first-order valence-corrected chi connectivity index (χ1v) is 6.67. The first-order valence-electron chi connectivity index (χ1n) is 5.86. The molecule has 0 unspecified atom stereocenters. The summed E-state index contributed by atoms with van der Waals surface area (Å²) >= 11 is 1.42. The van der Waals surface area contributed by atoms with Gasteiger partial charge in [0.05, 0.1) is 15.9 Å². The van der Waals surface area contributed by atoms with Crippen molar-refractivity contribution in [2.75, 3.05) is 10.7 Å². The van der Waals surface area contributed by atoms with Gasteiger partial charge < -0.3 is 5.43 Å². The maximum Gasteiger partial charge on any atom is 0.276 e. The Bertz CT molecular complexity index is 737. The molecule has 2 heterocycles. The molecule has 4 N–H and O–H groups in total. The van der Waals surface area contributed by atoms with Gasteiger partial charge in [-0.05, 0) is 24.3 Å². The van der Waals surface area contributed by atoms with Gasteiger partial charge in [-0.25, -0.2) is 4.98 Å². The average Bonchev–Trinajstić information content (AvgIpc) is 2.89. The molecule has 0 saturated heterocycles. The quantitative estimate of drug-likeness (QED) is 0.507. The van der Waals surface area contributed by atoms with Gasteiger partial charge in [-0.1, -0.05) is 23.5 Å². The molecule has 1 aromatic carbocycles. The summed E-state index contributed by atoms with van der Waals surface area (Å²) in [5, 5.41) is 3.28. The van der Waals surface area contributed by atoms with Gasteiger partial charge in [-0.2, -0.15) is 0 Å². The van der Waals surface area contributed by atoms with E-state index in [-0.39, 0.29) is 11.6 Å². The number of carbonyl (C=O) groups excluding carboxylic acids is 1. The number of amides is 1. The van der Waals surface area contributed by atoms with Crippen molar-refractivity contribution in [3.63, 3.8) is 0 Å². The number of aromatic nitrogens is 2. The zero-order chi connectivity index (χ0) is 13.9. The van der Waals surface area contributed by atoms with Crippen LogP contribution in [0.15, 0.2) is 42.6 Å². The number of pyridine rings is 1. The van der Waals surface area contributed by atoms with E-state index in [0.29, 0.717) is 10.8 Å². The number of nitrogens with zero attached hydrogens (tertiary/aromatic N) is 2. The minimum atomic E-state index is -0.318. The number of carbonyl (C=O) groups is 1. The minimum Gasteiger partial charge on any atom is -0.324 e. The smallest absolute Gasteiger partial charge is 0.276 e. The zero-order valence-electron chi connectivity index (χ0n) is 10.3. The molecule has 0 bridgehead atoms. The topological polar surface area (TPSA) is 92.9 Å². The Kier molecular flexibility index (Phi) is 3.28. The van der Waals surface area contributed by atoms with Crippen molar-refractivity contribution in [2.24, 2.45) is 5.84 Å². The van der Waals surface area contributed by atoms with Crippen molar-refractivity contribution >= 4 is 38.3 Å². The number of nitrogens with one attached hydrogen (secondary N) is 2. The summed E-state index contributed by atoms with van der Waals surface area (Å²) in [5.41, 5.74) is 4.23. The molecule has 7 heteroatoms. The van der Waals surface area contributed by atoms with Gasteiger partial charge in [-0.15, -0.1) is 0 Å². The van der Waals surface area contributed by atoms with Crippen molar-refractivity contribution in [2.45, 2.75) is 0 Å². The predicted molar refractivity (Wildman–Crippen MR) is 79.6 cm³/mol. The van der Waals surface area contributed by atoms with E-state index in [1.165, 1.54) is 17.5 Å². The number of hydrazine groups is 1. The van der Waals surface area contributed by atoms with Gasteiger partial charge in [0.15, 0.2) is 5.13 Å². The molecule has 0 aliphatic heterocycles. The highest BCUT2D eigenvalue weighted by Crippen LogP contribution is 2.25. The lowest BCUT2D eigenvalue weighted by Gasteiger charge is -2.03. The molecule has 100 valence electrons. The van der Waals surface area contributed by atoms with Gasteiger partial charge in [0.1, 0.15) is 5.69 Å². The summed E-state index contributed by atoms with van der Waals surface area (Å²) in [4.78, 5) is 20.4. The highest BCUT2D eigenvalue weighted by molar-refractivity contribution is 7.22. The number of nitrogen functional groups attached to an aromatic ring is 1. The van der Waals surface area contributed by atoms with Crippen molar-refractivity contribution in [1.82, 2.24) is 9.97 Å². The van der Waals surface area contributed by atoms with Crippen LogP contribution in [0.25, 0.3) is 10.2 Å². The molecular formula is C13H11N5OS. The van der Waals surface area contributed by atoms with Crippen LogP contribution in [0, 0.1) is 0 Å². The van der Waals surface area contributed by atoms with Crippen molar-refractivity contribution in [3.05, 3.63) is 48.3 Å². The SMILES string of the molecule is NNc1ccnc(C(=O)Nc2nc3ccccc3s2)c1. The molecule has 1 amide bonds. The molecule has 3 aromatic rings. The van der Waals surface area contributed by atoms with E-state index in [1.807, 2.05) is 24.3 Å². The molecule has 0 aliphatic rings. The molecule has 6 nitrogen and oxygen atoms in total. The minimum absolute atomic E-state index is 0.278. The number of para-hydroxylation sites is 1. The summed E-state index contributed by atoms with van der Waals surface area (Å²) in [6, 6.07) is 10.9. The Morgan fingerprint density at radius 1 is 1.25 bits per heavy atom. The summed E-state index contributed by atoms with van der Waals surface area (Å²) in [7, 11) is 0. The summed E-state index contributed by atoms with van der Waals surface area (Å²) < 4.78 is 1.02. The van der Waals surface area contributed by atoms with Crippen LogP contribution in [-0.4, -0.2) is 15.9 Å². The molecule has 20 heavy (non-hydrogen) atoms. The van der Waals surface area contributed by atoms with Crippen LogP contribution < -0.4 is 16.6 Å². The Balaban J connectivity index is 1.84. The fraction of sp³-hybridized carbons (Fsp3) is 0. The summed E-state index contributed by atoms with van der Waals surface area (Å²) in [5.74, 6) is 4.98. The van der Waals surface area contributed by atoms with Crippen LogP contribution >= 0.6 is 11.3 Å². The van der Waals surface area contributed by atoms with Crippen LogP contribution in [0.4, 0.5) is 10.8 Å². The Labute approximate surface area is 118 Å². The summed E-state index contributed by atoms with van der Waals surface area (Å²) in [6.45, 7) is 0. The number of hydrogen-bond acceptors (Lipinski definition) is 6. The Morgan fingerprint density at radius 3 is 2.90 bits per heavy atom. The van der Waals surface area contributed by atoms with Crippen LogP contribution in [0.1, 0.15) is 10.5 Å². The maximum atomic E-state index is 12.1. The Hall–Kier alpha value is -2.51. The average molecular weight is 285 g/mol. The number of benzene rings is 1. The second-order valence-electron chi connectivity index (χ2n) is 4.01. The first-order chi connectivity index (χ1) is 9.76. The number of rotatable bonds is 3. The van der Waals surface area contributed by atoms with E-state index in [4.69, 9.17) is 5.84 Å². The number of anilines is 2. The van der Waals surface area contributed by atoms with E-state index in [0.717, 1.165) is 10.2 Å². The van der Waals surface area contributed by atoms with Crippen molar-refractivity contribution in [3.8, 4) is 0 Å². The van der Waals surface area contributed by atoms with Crippen molar-refractivity contribution in [1.29, 1.82) is 0 Å². The normalized spacial score (nSPS) is 10.4. The predicted octanol–water partition coefficient (Wildman–Crippen LogP) is 2.23. The van der Waals surface area contributed by atoms with Gasteiger partial charge in [0, 0.05) is 6.20 Å². The molecule has 0 fully saturated rings. The lowest BCUT2D eigenvalue weighted by molar-refractivity contribution is 0.102. The summed E-state index contributed by atoms with van der Waals surface area (Å²) in [6.07, 6.45) is 1.52. The van der Waals surface area contributed by atoms with E-state index in [2.05, 4.69) is 20.7 Å². The molecule has 0 spiro atoms. The van der Waals surface area contributed by atoms with E-state index < -0.39 is 0 Å². The third kappa shape index (κ3) is 2.44. The molecule has 0 atom stereocenters. The van der Waals surface area contributed by atoms with Crippen LogP contribution in [0.5, 0.6) is 0 Å². The fourth-order valence-corrected chi connectivity index (χ4v) is 2.59. The zero-order valence-corrected chi connectivity index (χ0v) is 11.1. The number of hydrogen-bond donors (Lipinski definition) is 3. The molecule has 0 aliphatic carbocycles. The van der Waals surface area contributed by atoms with Crippen molar-refractivity contribution < 1.29 is 4.79 Å². The molecule has 0 saturated carbocycles. The second-order valence-corrected chi connectivity index (χ2v) is 5.05. The lowest BCUT2D eigenvalue weighted by atomic mass is 10.3. The highest BCUT2D eigenvalue weighted by atomic mass is 32.1. The highest BCUT2D eigenvalue weighted by Gasteiger charge is 2.11. The molecule has 0 radical (unpaired) electrons. The third-order valence-electron chi connectivity index (χ3n) is 2.67. The molecular weight excluding hydrogens is 274 g/mol. The van der Waals surface area contributed by atoms with E-state index in [1.54, 1.807) is 12.1 Å². The standard InChI is InChI=1S/C13H11N5OS/c14-18-8-5-6-15-10(7-8)12(19)17-13-16-9-3-1-2-4-11(9)20-13/h1-7H,14H2,(H,15,18)(H,16,17,19).